The van der Waals surface area contributed by atoms with Crippen LogP contribution in [0.25, 0.3) is 16.9 Å². The van der Waals surface area contributed by atoms with Crippen LogP contribution in [0.3, 0.4) is 0 Å². The molecule has 0 aliphatic rings. The van der Waals surface area contributed by atoms with Gasteiger partial charge in [-0.05, 0) is 30.3 Å². The first-order valence-electron chi connectivity index (χ1n) is 5.85. The second-order valence-corrected chi connectivity index (χ2v) is 5.06. The third-order valence-corrected chi connectivity index (χ3v) is 3.43. The van der Waals surface area contributed by atoms with Gasteiger partial charge < -0.3 is 5.73 Å². The molecule has 0 atom stereocenters. The number of aromatic nitrogens is 3. The molecule has 0 radical (unpaired) electrons. The topological polar surface area (TPSA) is 56.7 Å². The third-order valence-electron chi connectivity index (χ3n) is 2.89. The van der Waals surface area contributed by atoms with Crippen molar-refractivity contribution in [2.45, 2.75) is 0 Å². The van der Waals surface area contributed by atoms with Crippen molar-refractivity contribution in [1.29, 1.82) is 0 Å². The molecular formula is C14H10Cl2N4. The maximum atomic E-state index is 6.24. The maximum Gasteiger partial charge on any atom is 0.123 e. The SMILES string of the molecule is Nc1ccc(-c2cncn2-c2ccc(Cl)cc2Cl)cn1. The summed E-state index contributed by atoms with van der Waals surface area (Å²) < 4.78 is 1.88. The zero-order valence-corrected chi connectivity index (χ0v) is 11.8. The van der Waals surface area contributed by atoms with Crippen LogP contribution in [0, 0.1) is 0 Å². The Hall–Kier alpha value is -2.04. The van der Waals surface area contributed by atoms with Gasteiger partial charge >= 0.3 is 0 Å². The minimum Gasteiger partial charge on any atom is -0.384 e. The highest BCUT2D eigenvalue weighted by molar-refractivity contribution is 6.35. The van der Waals surface area contributed by atoms with Gasteiger partial charge in [0.25, 0.3) is 0 Å². The Morgan fingerprint density at radius 1 is 1.05 bits per heavy atom. The first-order valence-corrected chi connectivity index (χ1v) is 6.60. The monoisotopic (exact) mass is 304 g/mol. The van der Waals surface area contributed by atoms with E-state index in [1.54, 1.807) is 36.9 Å². The predicted octanol–water partition coefficient (Wildman–Crippen LogP) is 3.82. The predicted molar refractivity (Wildman–Crippen MR) is 81.2 cm³/mol. The lowest BCUT2D eigenvalue weighted by atomic mass is 10.2. The van der Waals surface area contributed by atoms with Crippen molar-refractivity contribution in [3.05, 3.63) is 59.1 Å². The number of anilines is 1. The summed E-state index contributed by atoms with van der Waals surface area (Å²) in [6.45, 7) is 0. The molecule has 0 unspecified atom stereocenters. The smallest absolute Gasteiger partial charge is 0.123 e. The van der Waals surface area contributed by atoms with Crippen molar-refractivity contribution in [1.82, 2.24) is 14.5 Å². The average molecular weight is 305 g/mol. The third kappa shape index (κ3) is 2.35. The molecule has 0 fully saturated rings. The van der Waals surface area contributed by atoms with E-state index < -0.39 is 0 Å². The molecule has 3 aromatic rings. The summed E-state index contributed by atoms with van der Waals surface area (Å²) in [6, 6.07) is 8.97. The molecule has 0 aliphatic heterocycles. The number of hydrogen-bond donors (Lipinski definition) is 1. The molecule has 2 aromatic heterocycles. The van der Waals surface area contributed by atoms with Gasteiger partial charge in [-0.25, -0.2) is 9.97 Å². The van der Waals surface area contributed by atoms with Crippen LogP contribution in [0.5, 0.6) is 0 Å². The van der Waals surface area contributed by atoms with E-state index in [0.717, 1.165) is 16.9 Å². The van der Waals surface area contributed by atoms with E-state index in [0.29, 0.717) is 15.9 Å². The number of pyridine rings is 1. The summed E-state index contributed by atoms with van der Waals surface area (Å²) in [6.07, 6.45) is 5.14. The summed E-state index contributed by atoms with van der Waals surface area (Å²) in [5.41, 5.74) is 8.19. The minimum atomic E-state index is 0.476. The normalized spacial score (nSPS) is 10.7. The van der Waals surface area contributed by atoms with Crippen molar-refractivity contribution in [2.75, 3.05) is 5.73 Å². The fourth-order valence-electron chi connectivity index (χ4n) is 1.93. The van der Waals surface area contributed by atoms with Crippen LogP contribution in [0.4, 0.5) is 5.82 Å². The molecule has 0 amide bonds. The number of rotatable bonds is 2. The van der Waals surface area contributed by atoms with E-state index in [4.69, 9.17) is 28.9 Å². The van der Waals surface area contributed by atoms with E-state index in [-0.39, 0.29) is 0 Å². The van der Waals surface area contributed by atoms with Crippen LogP contribution in [0.15, 0.2) is 49.1 Å². The first-order chi connectivity index (χ1) is 9.65. The van der Waals surface area contributed by atoms with Gasteiger partial charge in [-0.3, -0.25) is 4.57 Å². The lowest BCUT2D eigenvalue weighted by Crippen LogP contribution is -1.97. The van der Waals surface area contributed by atoms with E-state index >= 15 is 0 Å². The molecule has 0 aliphatic carbocycles. The van der Waals surface area contributed by atoms with Crippen molar-refractivity contribution < 1.29 is 0 Å². The van der Waals surface area contributed by atoms with Crippen molar-refractivity contribution >= 4 is 29.0 Å². The highest BCUT2D eigenvalue weighted by atomic mass is 35.5. The lowest BCUT2D eigenvalue weighted by Gasteiger charge is -2.10. The van der Waals surface area contributed by atoms with Crippen molar-refractivity contribution in [2.24, 2.45) is 0 Å². The summed E-state index contributed by atoms with van der Waals surface area (Å²) >= 11 is 12.2. The lowest BCUT2D eigenvalue weighted by molar-refractivity contribution is 1.06. The van der Waals surface area contributed by atoms with Gasteiger partial charge in [-0.1, -0.05) is 23.2 Å². The zero-order chi connectivity index (χ0) is 14.1. The summed E-state index contributed by atoms with van der Waals surface area (Å²) in [5, 5.41) is 1.15. The highest BCUT2D eigenvalue weighted by Crippen LogP contribution is 2.28. The summed E-state index contributed by atoms with van der Waals surface area (Å²) in [7, 11) is 0. The molecule has 4 nitrogen and oxygen atoms in total. The second kappa shape index (κ2) is 5.15. The molecule has 100 valence electrons. The van der Waals surface area contributed by atoms with Gasteiger partial charge in [-0.2, -0.15) is 0 Å². The first kappa shape index (κ1) is 13.0. The molecule has 0 spiro atoms. The van der Waals surface area contributed by atoms with Gasteiger partial charge in [-0.15, -0.1) is 0 Å². The van der Waals surface area contributed by atoms with Crippen LogP contribution in [0.2, 0.25) is 10.0 Å². The quantitative estimate of drug-likeness (QED) is 0.783. The maximum absolute atomic E-state index is 6.24. The Kier molecular flexibility index (Phi) is 3.34. The van der Waals surface area contributed by atoms with E-state index in [1.165, 1.54) is 0 Å². The number of imidazole rings is 1. The minimum absolute atomic E-state index is 0.476. The molecule has 0 bridgehead atoms. The fourth-order valence-corrected chi connectivity index (χ4v) is 2.43. The molecule has 2 heterocycles. The standard InChI is InChI=1S/C14H10Cl2N4/c15-10-2-3-12(11(16)5-10)20-8-18-7-13(20)9-1-4-14(17)19-6-9/h1-8H,(H2,17,19). The zero-order valence-electron chi connectivity index (χ0n) is 10.3. The molecule has 2 N–H and O–H groups in total. The van der Waals surface area contributed by atoms with Gasteiger partial charge in [0, 0.05) is 16.8 Å². The van der Waals surface area contributed by atoms with Crippen LogP contribution >= 0.6 is 23.2 Å². The number of nitrogens with zero attached hydrogens (tertiary/aromatic N) is 3. The van der Waals surface area contributed by atoms with Gasteiger partial charge in [0.2, 0.25) is 0 Å². The van der Waals surface area contributed by atoms with E-state index in [9.17, 15) is 0 Å². The van der Waals surface area contributed by atoms with Crippen LogP contribution in [-0.2, 0) is 0 Å². The highest BCUT2D eigenvalue weighted by Gasteiger charge is 2.10. The van der Waals surface area contributed by atoms with Crippen LogP contribution in [0.1, 0.15) is 0 Å². The molecule has 20 heavy (non-hydrogen) atoms. The average Bonchev–Trinajstić information content (AvgIpc) is 2.88. The van der Waals surface area contributed by atoms with Crippen molar-refractivity contribution in [3.8, 4) is 16.9 Å². The Balaban J connectivity index is 2.12. The van der Waals surface area contributed by atoms with E-state index in [1.807, 2.05) is 16.7 Å². The van der Waals surface area contributed by atoms with E-state index in [2.05, 4.69) is 9.97 Å². The fraction of sp³-hybridized carbons (Fsp3) is 0. The molecule has 0 saturated carbocycles. The molecule has 6 heteroatoms. The molecule has 0 saturated heterocycles. The number of nitrogen functional groups attached to an aromatic ring is 1. The Morgan fingerprint density at radius 3 is 2.60 bits per heavy atom. The number of nitrogens with two attached hydrogens (primary N) is 1. The molecule has 3 rings (SSSR count). The number of hydrogen-bond acceptors (Lipinski definition) is 3. The van der Waals surface area contributed by atoms with Gasteiger partial charge in [0.05, 0.1) is 28.9 Å². The Bertz CT molecular complexity index is 750. The molecular weight excluding hydrogens is 295 g/mol. The molecule has 1 aromatic carbocycles. The Morgan fingerprint density at radius 2 is 1.90 bits per heavy atom. The Labute approximate surface area is 125 Å². The van der Waals surface area contributed by atoms with Crippen molar-refractivity contribution in [3.63, 3.8) is 0 Å². The number of halogens is 2. The van der Waals surface area contributed by atoms with Crippen LogP contribution in [-0.4, -0.2) is 14.5 Å². The number of benzene rings is 1. The second-order valence-electron chi connectivity index (χ2n) is 4.22. The van der Waals surface area contributed by atoms with Gasteiger partial charge in [0.15, 0.2) is 0 Å². The summed E-state index contributed by atoms with van der Waals surface area (Å²) in [5.74, 6) is 0.476. The van der Waals surface area contributed by atoms with Gasteiger partial charge in [0.1, 0.15) is 5.82 Å². The summed E-state index contributed by atoms with van der Waals surface area (Å²) in [4.78, 5) is 8.26. The largest absolute Gasteiger partial charge is 0.384 e. The van der Waals surface area contributed by atoms with Crippen LogP contribution < -0.4 is 5.73 Å².